The third-order valence-corrected chi connectivity index (χ3v) is 9.02. The number of halogens is 1. The summed E-state index contributed by atoms with van der Waals surface area (Å²) in [5, 5.41) is 0. The molecule has 3 heterocycles. The number of carbonyl (C=O) groups excluding carboxylic acids is 1. The molecule has 1 fully saturated rings. The maximum Gasteiger partial charge on any atom is 0.156 e. The fourth-order valence-corrected chi connectivity index (χ4v) is 8.01. The lowest BCUT2D eigenvalue weighted by molar-refractivity contribution is -0.104. The third kappa shape index (κ3) is 1.49. The molecule has 104 valence electrons. The Morgan fingerprint density at radius 2 is 1.70 bits per heavy atom. The largest absolute Gasteiger partial charge is 0.297 e. The van der Waals surface area contributed by atoms with Crippen molar-refractivity contribution >= 4 is 53.2 Å². The maximum absolute atomic E-state index is 11.3. The summed E-state index contributed by atoms with van der Waals surface area (Å²) in [4.78, 5) is 12.1. The maximum atomic E-state index is 11.3. The molecule has 1 aliphatic carbocycles. The zero-order valence-corrected chi connectivity index (χ0v) is 14.4. The molecule has 3 aliphatic heterocycles. The summed E-state index contributed by atoms with van der Waals surface area (Å²) in [6, 6.07) is 0. The number of hydrogen-bond acceptors (Lipinski definition) is 4. The van der Waals surface area contributed by atoms with Gasteiger partial charge in [0.05, 0.1) is 13.9 Å². The first-order chi connectivity index (χ1) is 9.49. The molecule has 0 N–H and O–H groups in total. The normalized spacial score (nSPS) is 38.5. The fraction of sp³-hybridized carbons (Fsp3) is 0.400. The SMILES string of the molecule is C[C@@]12SC(Cl)=CC1=C1CSCC1=C1C=C(C=O)S[C@]12C. The summed E-state index contributed by atoms with van der Waals surface area (Å²) in [5.41, 5.74) is 5.63. The van der Waals surface area contributed by atoms with E-state index in [2.05, 4.69) is 26.0 Å². The van der Waals surface area contributed by atoms with Crippen molar-refractivity contribution in [2.75, 3.05) is 11.5 Å². The highest BCUT2D eigenvalue weighted by Crippen LogP contribution is 2.67. The van der Waals surface area contributed by atoms with E-state index in [1.807, 2.05) is 11.8 Å². The molecule has 0 amide bonds. The smallest absolute Gasteiger partial charge is 0.156 e. The number of aldehydes is 1. The molecule has 0 aromatic heterocycles. The van der Waals surface area contributed by atoms with E-state index in [0.717, 1.165) is 27.1 Å². The summed E-state index contributed by atoms with van der Waals surface area (Å²) >= 11 is 11.8. The van der Waals surface area contributed by atoms with Crippen LogP contribution in [0.3, 0.4) is 0 Å². The molecule has 0 aromatic rings. The standard InChI is InChI=1S/C15H13ClOS3/c1-14-11(3-8(5-17)19-14)9-6-18-7-10(9)12-4-13(16)20-15(12,14)2/h3-5H,6-7H2,1-2H3/t14-,15-/m1/s1. The Morgan fingerprint density at radius 3 is 2.35 bits per heavy atom. The molecule has 1 nitrogen and oxygen atoms in total. The van der Waals surface area contributed by atoms with Crippen molar-refractivity contribution in [1.29, 1.82) is 0 Å². The first kappa shape index (κ1) is 13.6. The van der Waals surface area contributed by atoms with Crippen LogP contribution in [-0.2, 0) is 4.79 Å². The highest BCUT2D eigenvalue weighted by atomic mass is 35.5. The molecule has 1 saturated heterocycles. The van der Waals surface area contributed by atoms with E-state index in [1.165, 1.54) is 22.3 Å². The van der Waals surface area contributed by atoms with Crippen molar-refractivity contribution in [3.8, 4) is 0 Å². The molecule has 0 bridgehead atoms. The minimum atomic E-state index is -0.0971. The van der Waals surface area contributed by atoms with Gasteiger partial charge in [0, 0.05) is 16.4 Å². The van der Waals surface area contributed by atoms with E-state index in [4.69, 9.17) is 11.6 Å². The number of allylic oxidation sites excluding steroid dienone is 3. The first-order valence-corrected chi connectivity index (χ1v) is 9.63. The van der Waals surface area contributed by atoms with E-state index >= 15 is 0 Å². The van der Waals surface area contributed by atoms with Crippen molar-refractivity contribution in [3.63, 3.8) is 0 Å². The highest BCUT2D eigenvalue weighted by Gasteiger charge is 2.59. The van der Waals surface area contributed by atoms with E-state index in [1.54, 1.807) is 23.5 Å². The summed E-state index contributed by atoms with van der Waals surface area (Å²) in [7, 11) is 0. The number of carbonyl (C=O) groups is 1. The molecule has 20 heavy (non-hydrogen) atoms. The summed E-state index contributed by atoms with van der Waals surface area (Å²) in [6.07, 6.45) is 5.24. The average molecular weight is 341 g/mol. The van der Waals surface area contributed by atoms with Crippen LogP contribution >= 0.6 is 46.9 Å². The Labute approximate surface area is 136 Å². The topological polar surface area (TPSA) is 17.1 Å². The molecule has 0 saturated carbocycles. The summed E-state index contributed by atoms with van der Waals surface area (Å²) < 4.78 is 0.698. The molecule has 5 heteroatoms. The van der Waals surface area contributed by atoms with E-state index in [0.29, 0.717) is 0 Å². The second-order valence-corrected chi connectivity index (χ2v) is 10.2. The summed E-state index contributed by atoms with van der Waals surface area (Å²) in [6.45, 7) is 4.54. The molecule has 0 spiro atoms. The molecule has 4 rings (SSSR count). The van der Waals surface area contributed by atoms with Crippen molar-refractivity contribution in [2.24, 2.45) is 0 Å². The monoisotopic (exact) mass is 340 g/mol. The number of rotatable bonds is 1. The van der Waals surface area contributed by atoms with Gasteiger partial charge in [0.1, 0.15) is 0 Å². The van der Waals surface area contributed by atoms with Crippen molar-refractivity contribution in [2.45, 2.75) is 23.3 Å². The minimum Gasteiger partial charge on any atom is -0.297 e. The minimum absolute atomic E-state index is 0.0743. The van der Waals surface area contributed by atoms with Crippen molar-refractivity contribution in [1.82, 2.24) is 0 Å². The van der Waals surface area contributed by atoms with Gasteiger partial charge in [-0.25, -0.2) is 0 Å². The van der Waals surface area contributed by atoms with Crippen molar-refractivity contribution < 1.29 is 4.79 Å². The molecular weight excluding hydrogens is 328 g/mol. The van der Waals surface area contributed by atoms with Crippen LogP contribution in [0.1, 0.15) is 13.8 Å². The number of fused-ring (bicyclic) bond motifs is 4. The van der Waals surface area contributed by atoms with Gasteiger partial charge < -0.3 is 0 Å². The molecule has 4 aliphatic rings. The Morgan fingerprint density at radius 1 is 1.10 bits per heavy atom. The van der Waals surface area contributed by atoms with Crippen LogP contribution in [0.5, 0.6) is 0 Å². The van der Waals surface area contributed by atoms with Crippen LogP contribution in [0.4, 0.5) is 0 Å². The molecule has 0 aromatic carbocycles. The number of thioether (sulfide) groups is 3. The van der Waals surface area contributed by atoms with Gasteiger partial charge in [0.25, 0.3) is 0 Å². The third-order valence-electron chi connectivity index (χ3n) is 4.73. The molecule has 0 unspecified atom stereocenters. The van der Waals surface area contributed by atoms with Gasteiger partial charge in [-0.1, -0.05) is 11.6 Å². The zero-order chi connectivity index (χ0) is 14.1. The van der Waals surface area contributed by atoms with Crippen LogP contribution in [-0.4, -0.2) is 27.3 Å². The van der Waals surface area contributed by atoms with E-state index in [-0.39, 0.29) is 9.49 Å². The van der Waals surface area contributed by atoms with E-state index < -0.39 is 0 Å². The molecule has 2 atom stereocenters. The van der Waals surface area contributed by atoms with Gasteiger partial charge in [-0.3, -0.25) is 4.79 Å². The van der Waals surface area contributed by atoms with Crippen molar-refractivity contribution in [3.05, 3.63) is 43.7 Å². The Bertz CT molecular complexity index is 673. The lowest BCUT2D eigenvalue weighted by Gasteiger charge is -2.46. The second kappa shape index (κ2) is 4.25. The predicted molar refractivity (Wildman–Crippen MR) is 91.5 cm³/mol. The predicted octanol–water partition coefficient (Wildman–Crippen LogP) is 4.51. The van der Waals surface area contributed by atoms with Gasteiger partial charge in [0.15, 0.2) is 6.29 Å². The van der Waals surface area contributed by atoms with Gasteiger partial charge in [0.2, 0.25) is 0 Å². The van der Waals surface area contributed by atoms with Crippen LogP contribution < -0.4 is 0 Å². The molecule has 0 radical (unpaired) electrons. The Balaban J connectivity index is 2.02. The van der Waals surface area contributed by atoms with Gasteiger partial charge in [-0.05, 0) is 48.3 Å². The quantitative estimate of drug-likeness (QED) is 0.653. The fourth-order valence-electron chi connectivity index (χ4n) is 3.56. The molecular formula is C15H13ClOS3. The lowest BCUT2D eigenvalue weighted by atomic mass is 9.72. The highest BCUT2D eigenvalue weighted by molar-refractivity contribution is 8.10. The second-order valence-electron chi connectivity index (χ2n) is 5.66. The van der Waals surface area contributed by atoms with Gasteiger partial charge in [-0.2, -0.15) is 11.8 Å². The van der Waals surface area contributed by atoms with E-state index in [9.17, 15) is 4.79 Å². The number of hydrogen-bond donors (Lipinski definition) is 0. The van der Waals surface area contributed by atoms with Crippen LogP contribution in [0, 0.1) is 0 Å². The summed E-state index contributed by atoms with van der Waals surface area (Å²) in [5.74, 6) is 2.12. The van der Waals surface area contributed by atoms with Crippen LogP contribution in [0.25, 0.3) is 0 Å². The van der Waals surface area contributed by atoms with Crippen LogP contribution in [0.15, 0.2) is 43.7 Å². The Kier molecular flexibility index (Phi) is 2.89. The zero-order valence-electron chi connectivity index (χ0n) is 11.2. The Hall–Kier alpha value is -0.0300. The average Bonchev–Trinajstić information content (AvgIpc) is 3.05. The van der Waals surface area contributed by atoms with Crippen LogP contribution in [0.2, 0.25) is 0 Å². The van der Waals surface area contributed by atoms with Gasteiger partial charge in [-0.15, -0.1) is 23.5 Å². The first-order valence-electron chi connectivity index (χ1n) is 6.47. The lowest BCUT2D eigenvalue weighted by Crippen LogP contribution is -2.47. The van der Waals surface area contributed by atoms with Gasteiger partial charge >= 0.3 is 0 Å².